The topological polar surface area (TPSA) is 119 Å². The smallest absolute Gasteiger partial charge is 0.326 e. The Morgan fingerprint density at radius 3 is 1.63 bits per heavy atom. The van der Waals surface area contributed by atoms with Gasteiger partial charge >= 0.3 is 11.9 Å². The molecule has 2 unspecified atom stereocenters. The van der Waals surface area contributed by atoms with E-state index in [2.05, 4.69) is 67.8 Å². The highest BCUT2D eigenvalue weighted by Gasteiger charge is 2.19. The van der Waals surface area contributed by atoms with E-state index in [1.807, 2.05) is 0 Å². The molecule has 0 rings (SSSR count). The van der Waals surface area contributed by atoms with Gasteiger partial charge in [0.25, 0.3) is 0 Å². The van der Waals surface area contributed by atoms with E-state index in [4.69, 9.17) is 10.5 Å². The van der Waals surface area contributed by atoms with Crippen molar-refractivity contribution in [1.29, 1.82) is 0 Å². The molecule has 0 aliphatic carbocycles. The first-order chi connectivity index (χ1) is 26.4. The first-order valence-corrected chi connectivity index (χ1v) is 22.5. The van der Waals surface area contributed by atoms with Gasteiger partial charge in [-0.2, -0.15) is 0 Å². The second-order valence-corrected chi connectivity index (χ2v) is 15.1. The maximum absolute atomic E-state index is 12.8. The van der Waals surface area contributed by atoms with E-state index in [-0.39, 0.29) is 18.0 Å². The largest absolute Gasteiger partial charge is 0.480 e. The number of carbonyl (C=O) groups is 3. The molecule has 0 saturated carbocycles. The molecular formula is C47H84N2O5. The molecule has 0 spiro atoms. The minimum atomic E-state index is -1.01. The van der Waals surface area contributed by atoms with Gasteiger partial charge in [-0.15, -0.1) is 0 Å². The number of unbranched alkanes of at least 4 members (excludes halogenated alkanes) is 18. The van der Waals surface area contributed by atoms with Crippen LogP contribution in [-0.4, -0.2) is 41.6 Å². The normalized spacial score (nSPS) is 13.1. The van der Waals surface area contributed by atoms with Crippen LogP contribution in [0.3, 0.4) is 0 Å². The number of hydrogen-bond acceptors (Lipinski definition) is 5. The lowest BCUT2D eigenvalue weighted by Crippen LogP contribution is -2.40. The molecule has 2 atom stereocenters. The van der Waals surface area contributed by atoms with Crippen LogP contribution in [0.1, 0.15) is 213 Å². The van der Waals surface area contributed by atoms with Gasteiger partial charge in [-0.05, 0) is 109 Å². The van der Waals surface area contributed by atoms with E-state index in [0.717, 1.165) is 109 Å². The van der Waals surface area contributed by atoms with Crippen molar-refractivity contribution in [1.82, 2.24) is 5.32 Å². The number of amides is 1. The highest BCUT2D eigenvalue weighted by atomic mass is 16.5. The molecule has 0 aromatic carbocycles. The maximum atomic E-state index is 12.8. The standard InChI is InChI=1S/C47H84N2O5/c1-3-5-7-9-11-13-15-17-18-20-22-24-26-31-35-41-46(51)54-43(37-32-28-25-23-21-19-16-14-12-10-8-6-4-2)38-33-29-27-30-34-40-45(50)49-44(47(52)53)39-36-42-48/h5,7,11,13,17-18,23,25,43-44H,3-4,6,8-10,12,14-16,19-22,24,26-42,48H2,1-2H3,(H,49,50)(H,52,53)/b7-5-,13-11-,18-17-,25-23-. The summed E-state index contributed by atoms with van der Waals surface area (Å²) in [6.07, 6.45) is 50.1. The minimum Gasteiger partial charge on any atom is -0.480 e. The molecule has 0 aliphatic rings. The average Bonchev–Trinajstić information content (AvgIpc) is 3.16. The number of nitrogens with one attached hydrogen (secondary N) is 1. The molecule has 312 valence electrons. The molecule has 0 aliphatic heterocycles. The molecule has 1 amide bonds. The van der Waals surface area contributed by atoms with Gasteiger partial charge in [-0.25, -0.2) is 4.79 Å². The Morgan fingerprint density at radius 2 is 1.04 bits per heavy atom. The summed E-state index contributed by atoms with van der Waals surface area (Å²) in [7, 11) is 0. The van der Waals surface area contributed by atoms with Gasteiger partial charge in [-0.1, -0.05) is 146 Å². The van der Waals surface area contributed by atoms with Crippen LogP contribution >= 0.6 is 0 Å². The second kappa shape index (κ2) is 41.5. The number of rotatable bonds is 40. The fourth-order valence-electron chi connectivity index (χ4n) is 6.52. The molecule has 0 radical (unpaired) electrons. The lowest BCUT2D eigenvalue weighted by Gasteiger charge is -2.18. The van der Waals surface area contributed by atoms with E-state index >= 15 is 0 Å². The lowest BCUT2D eigenvalue weighted by atomic mass is 10.0. The Hall–Kier alpha value is -2.67. The van der Waals surface area contributed by atoms with Gasteiger partial charge < -0.3 is 20.9 Å². The maximum Gasteiger partial charge on any atom is 0.326 e. The monoisotopic (exact) mass is 757 g/mol. The highest BCUT2D eigenvalue weighted by molar-refractivity contribution is 5.83. The van der Waals surface area contributed by atoms with Crippen molar-refractivity contribution in [2.45, 2.75) is 225 Å². The molecule has 0 fully saturated rings. The average molecular weight is 757 g/mol. The number of esters is 1. The molecule has 0 saturated heterocycles. The number of carboxylic acids is 1. The van der Waals surface area contributed by atoms with Gasteiger partial charge in [0.05, 0.1) is 0 Å². The molecule has 54 heavy (non-hydrogen) atoms. The van der Waals surface area contributed by atoms with Crippen molar-refractivity contribution in [3.8, 4) is 0 Å². The van der Waals surface area contributed by atoms with Crippen molar-refractivity contribution < 1.29 is 24.2 Å². The van der Waals surface area contributed by atoms with E-state index < -0.39 is 12.0 Å². The summed E-state index contributed by atoms with van der Waals surface area (Å²) in [5.41, 5.74) is 5.49. The van der Waals surface area contributed by atoms with Crippen LogP contribution in [0.15, 0.2) is 48.6 Å². The van der Waals surface area contributed by atoms with Crippen LogP contribution in [0, 0.1) is 0 Å². The van der Waals surface area contributed by atoms with Gasteiger partial charge in [0, 0.05) is 12.8 Å². The fourth-order valence-corrected chi connectivity index (χ4v) is 6.52. The minimum absolute atomic E-state index is 0.0275. The number of hydrogen-bond donors (Lipinski definition) is 3. The molecule has 4 N–H and O–H groups in total. The molecule has 0 aromatic heterocycles. The van der Waals surface area contributed by atoms with E-state index in [1.54, 1.807) is 0 Å². The Bertz CT molecular complexity index is 989. The van der Waals surface area contributed by atoms with Crippen LogP contribution in [0.25, 0.3) is 0 Å². The molecular weight excluding hydrogens is 673 g/mol. The zero-order chi connectivity index (χ0) is 39.6. The van der Waals surface area contributed by atoms with Crippen LogP contribution < -0.4 is 11.1 Å². The summed E-state index contributed by atoms with van der Waals surface area (Å²) in [6.45, 7) is 4.83. The molecule has 7 nitrogen and oxygen atoms in total. The van der Waals surface area contributed by atoms with E-state index in [9.17, 15) is 19.5 Å². The van der Waals surface area contributed by atoms with Gasteiger partial charge in [0.1, 0.15) is 12.1 Å². The van der Waals surface area contributed by atoms with Crippen molar-refractivity contribution >= 4 is 17.8 Å². The summed E-state index contributed by atoms with van der Waals surface area (Å²) >= 11 is 0. The third-order valence-electron chi connectivity index (χ3n) is 9.88. The van der Waals surface area contributed by atoms with Crippen LogP contribution in [0.5, 0.6) is 0 Å². The Balaban J connectivity index is 4.40. The molecule has 7 heteroatoms. The molecule has 0 aromatic rings. The Morgan fingerprint density at radius 1 is 0.556 bits per heavy atom. The van der Waals surface area contributed by atoms with E-state index in [1.165, 1.54) is 64.2 Å². The number of nitrogens with two attached hydrogens (primary N) is 1. The Kier molecular flexibility index (Phi) is 39.4. The zero-order valence-electron chi connectivity index (χ0n) is 35.1. The Labute approximate surface area is 332 Å². The summed E-state index contributed by atoms with van der Waals surface area (Å²) < 4.78 is 6.03. The number of allylic oxidation sites excluding steroid dienone is 8. The molecule has 0 bridgehead atoms. The quantitative estimate of drug-likeness (QED) is 0.0325. The fraction of sp³-hybridized carbons (Fsp3) is 0.766. The summed E-state index contributed by atoms with van der Waals surface area (Å²) in [4.78, 5) is 36.4. The van der Waals surface area contributed by atoms with Gasteiger partial charge in [-0.3, -0.25) is 9.59 Å². The third kappa shape index (κ3) is 37.6. The van der Waals surface area contributed by atoms with Crippen molar-refractivity contribution in [3.63, 3.8) is 0 Å². The van der Waals surface area contributed by atoms with Crippen LogP contribution in [-0.2, 0) is 19.1 Å². The van der Waals surface area contributed by atoms with Crippen LogP contribution in [0.2, 0.25) is 0 Å². The highest BCUT2D eigenvalue weighted by Crippen LogP contribution is 2.18. The summed E-state index contributed by atoms with van der Waals surface area (Å²) in [5.74, 6) is -1.27. The SMILES string of the molecule is CC/C=C\C/C=C\C/C=C\CCCCCCCC(=O)OC(CCC/C=C\CCCCCCCCCC)CCCCCCCC(=O)NC(CCCN)C(=O)O. The van der Waals surface area contributed by atoms with Crippen molar-refractivity contribution in [2.24, 2.45) is 5.73 Å². The number of ether oxygens (including phenoxy) is 1. The van der Waals surface area contributed by atoms with Crippen molar-refractivity contribution in [2.75, 3.05) is 6.54 Å². The summed E-state index contributed by atoms with van der Waals surface area (Å²) in [6, 6.07) is -0.861. The van der Waals surface area contributed by atoms with Gasteiger partial charge in [0.15, 0.2) is 0 Å². The number of carbonyl (C=O) groups excluding carboxylic acids is 2. The summed E-state index contributed by atoms with van der Waals surface area (Å²) in [5, 5.41) is 11.9. The van der Waals surface area contributed by atoms with E-state index in [0.29, 0.717) is 32.2 Å². The molecule has 0 heterocycles. The lowest BCUT2D eigenvalue weighted by molar-refractivity contribution is -0.150. The van der Waals surface area contributed by atoms with Gasteiger partial charge in [0.2, 0.25) is 5.91 Å². The first-order valence-electron chi connectivity index (χ1n) is 22.5. The number of aliphatic carboxylic acids is 1. The third-order valence-corrected chi connectivity index (χ3v) is 9.88. The second-order valence-electron chi connectivity index (χ2n) is 15.1. The predicted octanol–water partition coefficient (Wildman–Crippen LogP) is 12.8. The zero-order valence-corrected chi connectivity index (χ0v) is 35.1. The first kappa shape index (κ1) is 51.3. The number of carboxylic acid groups (broad SMARTS) is 1. The predicted molar refractivity (Wildman–Crippen MR) is 230 cm³/mol. The van der Waals surface area contributed by atoms with Crippen molar-refractivity contribution in [3.05, 3.63) is 48.6 Å². The van der Waals surface area contributed by atoms with Crippen LogP contribution in [0.4, 0.5) is 0 Å².